The number of aromatic amines is 1. The molecule has 0 atom stereocenters. The molecule has 0 bridgehead atoms. The fourth-order valence-corrected chi connectivity index (χ4v) is 3.82. The monoisotopic (exact) mass is 400 g/mol. The van der Waals surface area contributed by atoms with Crippen LogP contribution in [0.5, 0.6) is 5.88 Å². The zero-order chi connectivity index (χ0) is 20.3. The highest BCUT2D eigenvalue weighted by molar-refractivity contribution is 5.76. The van der Waals surface area contributed by atoms with Gasteiger partial charge < -0.3 is 14.6 Å². The van der Waals surface area contributed by atoms with Crippen molar-refractivity contribution in [2.45, 2.75) is 6.54 Å². The number of piperazine rings is 1. The van der Waals surface area contributed by atoms with Gasteiger partial charge in [0, 0.05) is 50.6 Å². The second-order valence-electron chi connectivity index (χ2n) is 7.46. The number of nitrogens with zero attached hydrogens (tertiary/aromatic N) is 5. The van der Waals surface area contributed by atoms with Crippen molar-refractivity contribution in [3.05, 3.63) is 66.4 Å². The minimum Gasteiger partial charge on any atom is -0.481 e. The van der Waals surface area contributed by atoms with Crippen molar-refractivity contribution in [1.82, 2.24) is 24.8 Å². The van der Waals surface area contributed by atoms with Crippen LogP contribution < -0.4 is 9.64 Å². The topological polar surface area (TPSA) is 70.2 Å². The van der Waals surface area contributed by atoms with Crippen LogP contribution in [0.3, 0.4) is 0 Å². The summed E-state index contributed by atoms with van der Waals surface area (Å²) in [5, 5.41) is 0. The zero-order valence-corrected chi connectivity index (χ0v) is 17.0. The molecule has 7 nitrogen and oxygen atoms in total. The molecule has 30 heavy (non-hydrogen) atoms. The molecule has 3 aromatic heterocycles. The number of anilines is 1. The lowest BCUT2D eigenvalue weighted by atomic mass is 10.2. The van der Waals surface area contributed by atoms with Crippen molar-refractivity contribution in [2.75, 3.05) is 38.2 Å². The number of benzene rings is 1. The van der Waals surface area contributed by atoms with Gasteiger partial charge in [0.15, 0.2) is 5.65 Å². The van der Waals surface area contributed by atoms with Crippen LogP contribution in [0.1, 0.15) is 5.56 Å². The molecule has 5 rings (SSSR count). The van der Waals surface area contributed by atoms with E-state index >= 15 is 0 Å². The van der Waals surface area contributed by atoms with Crippen LogP contribution in [0.25, 0.3) is 22.6 Å². The molecule has 1 aliphatic rings. The number of pyridine rings is 2. The van der Waals surface area contributed by atoms with Crippen LogP contribution in [0.15, 0.2) is 60.8 Å². The summed E-state index contributed by atoms with van der Waals surface area (Å²) in [4.78, 5) is 21.8. The highest BCUT2D eigenvalue weighted by atomic mass is 16.5. The fourth-order valence-electron chi connectivity index (χ4n) is 3.82. The van der Waals surface area contributed by atoms with E-state index in [2.05, 4.69) is 67.2 Å². The first-order chi connectivity index (χ1) is 14.8. The molecule has 1 fully saturated rings. The van der Waals surface area contributed by atoms with E-state index in [1.807, 2.05) is 18.3 Å². The predicted octanol–water partition coefficient (Wildman–Crippen LogP) is 3.35. The van der Waals surface area contributed by atoms with Gasteiger partial charge in [0.2, 0.25) is 5.88 Å². The Labute approximate surface area is 175 Å². The third-order valence-corrected chi connectivity index (χ3v) is 5.50. The van der Waals surface area contributed by atoms with E-state index in [0.29, 0.717) is 11.5 Å². The third-order valence-electron chi connectivity index (χ3n) is 5.50. The minimum atomic E-state index is 0.556. The third kappa shape index (κ3) is 3.84. The van der Waals surface area contributed by atoms with Gasteiger partial charge in [0.05, 0.1) is 12.6 Å². The molecule has 0 saturated carbocycles. The van der Waals surface area contributed by atoms with Crippen LogP contribution in [-0.4, -0.2) is 58.1 Å². The Morgan fingerprint density at radius 3 is 2.50 bits per heavy atom. The average molecular weight is 400 g/mol. The molecule has 0 spiro atoms. The Morgan fingerprint density at radius 2 is 1.77 bits per heavy atom. The lowest BCUT2D eigenvalue weighted by Crippen LogP contribution is -2.46. The van der Waals surface area contributed by atoms with Crippen LogP contribution in [0.4, 0.5) is 5.82 Å². The highest BCUT2D eigenvalue weighted by Crippen LogP contribution is 2.23. The zero-order valence-electron chi connectivity index (χ0n) is 17.0. The lowest BCUT2D eigenvalue weighted by Gasteiger charge is -2.35. The van der Waals surface area contributed by atoms with Crippen molar-refractivity contribution >= 4 is 17.0 Å². The molecule has 4 heterocycles. The van der Waals surface area contributed by atoms with Crippen molar-refractivity contribution in [3.63, 3.8) is 0 Å². The number of aromatic nitrogens is 4. The second-order valence-corrected chi connectivity index (χ2v) is 7.46. The number of rotatable bonds is 5. The largest absolute Gasteiger partial charge is 0.481 e. The molecule has 1 aromatic carbocycles. The predicted molar refractivity (Wildman–Crippen MR) is 118 cm³/mol. The van der Waals surface area contributed by atoms with Gasteiger partial charge in [0.1, 0.15) is 11.6 Å². The van der Waals surface area contributed by atoms with Crippen molar-refractivity contribution < 1.29 is 4.74 Å². The van der Waals surface area contributed by atoms with Crippen LogP contribution in [-0.2, 0) is 6.54 Å². The first-order valence-corrected chi connectivity index (χ1v) is 10.2. The molecule has 1 aliphatic heterocycles. The number of methoxy groups -OCH3 is 1. The van der Waals surface area contributed by atoms with Crippen LogP contribution >= 0.6 is 0 Å². The van der Waals surface area contributed by atoms with E-state index in [1.54, 1.807) is 7.11 Å². The summed E-state index contributed by atoms with van der Waals surface area (Å²) in [6, 6.07) is 18.5. The van der Waals surface area contributed by atoms with Crippen molar-refractivity contribution in [3.8, 4) is 17.3 Å². The Morgan fingerprint density at radius 1 is 0.933 bits per heavy atom. The summed E-state index contributed by atoms with van der Waals surface area (Å²) >= 11 is 0. The molecule has 7 heteroatoms. The Kier molecular flexibility index (Phi) is 5.03. The summed E-state index contributed by atoms with van der Waals surface area (Å²) < 4.78 is 5.17. The fraction of sp³-hybridized carbons (Fsp3) is 0.261. The van der Waals surface area contributed by atoms with E-state index in [9.17, 15) is 0 Å². The normalized spacial score (nSPS) is 14.9. The van der Waals surface area contributed by atoms with E-state index in [-0.39, 0.29) is 0 Å². The molecule has 0 aliphatic carbocycles. The average Bonchev–Trinajstić information content (AvgIpc) is 3.24. The number of imidazole rings is 1. The summed E-state index contributed by atoms with van der Waals surface area (Å²) in [7, 11) is 1.60. The first-order valence-electron chi connectivity index (χ1n) is 10.2. The lowest BCUT2D eigenvalue weighted by molar-refractivity contribution is 0.249. The van der Waals surface area contributed by atoms with Crippen molar-refractivity contribution in [2.24, 2.45) is 0 Å². The summed E-state index contributed by atoms with van der Waals surface area (Å²) in [6.07, 6.45) is 1.88. The molecule has 4 aromatic rings. The Bertz CT molecular complexity index is 1120. The molecule has 1 saturated heterocycles. The highest BCUT2D eigenvalue weighted by Gasteiger charge is 2.18. The molecular formula is C23H24N6O. The van der Waals surface area contributed by atoms with Gasteiger partial charge in [-0.15, -0.1) is 0 Å². The maximum Gasteiger partial charge on any atom is 0.215 e. The van der Waals surface area contributed by atoms with Gasteiger partial charge in [-0.3, -0.25) is 4.90 Å². The van der Waals surface area contributed by atoms with Gasteiger partial charge in [-0.25, -0.2) is 9.97 Å². The summed E-state index contributed by atoms with van der Waals surface area (Å²) in [6.45, 7) is 5.04. The van der Waals surface area contributed by atoms with E-state index in [1.165, 1.54) is 5.56 Å². The van der Waals surface area contributed by atoms with Crippen molar-refractivity contribution in [1.29, 1.82) is 0 Å². The maximum atomic E-state index is 5.17. The number of ether oxygens (including phenoxy) is 1. The number of nitrogens with one attached hydrogen (secondary N) is 1. The number of hydrogen-bond donors (Lipinski definition) is 1. The summed E-state index contributed by atoms with van der Waals surface area (Å²) in [5.74, 6) is 2.33. The first kappa shape index (κ1) is 18.6. The minimum absolute atomic E-state index is 0.556. The van der Waals surface area contributed by atoms with Gasteiger partial charge in [0.25, 0.3) is 0 Å². The molecule has 0 amide bonds. The van der Waals surface area contributed by atoms with Gasteiger partial charge in [-0.2, -0.15) is 4.98 Å². The Balaban J connectivity index is 1.24. The van der Waals surface area contributed by atoms with E-state index in [4.69, 9.17) is 9.72 Å². The van der Waals surface area contributed by atoms with E-state index in [0.717, 1.165) is 55.4 Å². The molecule has 0 radical (unpaired) electrons. The Hall–Kier alpha value is -3.45. The quantitative estimate of drug-likeness (QED) is 0.554. The summed E-state index contributed by atoms with van der Waals surface area (Å²) in [5.41, 5.74) is 3.83. The maximum absolute atomic E-state index is 5.17. The SMILES string of the molecule is COc1ccc2[nH]c(-c3ccc(N4CCN(Cc5ccccc5)CC4)nc3)nc2n1. The number of fused-ring (bicyclic) bond motifs is 1. The van der Waals surface area contributed by atoms with Gasteiger partial charge in [-0.05, 0) is 23.8 Å². The van der Waals surface area contributed by atoms with Gasteiger partial charge >= 0.3 is 0 Å². The van der Waals surface area contributed by atoms with Crippen LogP contribution in [0.2, 0.25) is 0 Å². The molecule has 1 N–H and O–H groups in total. The van der Waals surface area contributed by atoms with Gasteiger partial charge in [-0.1, -0.05) is 30.3 Å². The molecule has 152 valence electrons. The smallest absolute Gasteiger partial charge is 0.215 e. The van der Waals surface area contributed by atoms with E-state index < -0.39 is 0 Å². The number of hydrogen-bond acceptors (Lipinski definition) is 6. The van der Waals surface area contributed by atoms with Crippen LogP contribution in [0, 0.1) is 0 Å². The second kappa shape index (κ2) is 8.12. The molecular weight excluding hydrogens is 376 g/mol. The number of H-pyrrole nitrogens is 1. The molecule has 0 unspecified atom stereocenters. The standard InChI is InChI=1S/C23H24N6O/c1-30-21-10-8-19-23(26-21)27-22(25-19)18-7-9-20(24-15-18)29-13-11-28(12-14-29)16-17-5-3-2-4-6-17/h2-10,15H,11-14,16H2,1H3,(H,25,26,27).